The molecule has 0 atom stereocenters. The molecule has 2 N–H and O–H groups in total. The van der Waals surface area contributed by atoms with Crippen molar-refractivity contribution in [2.75, 3.05) is 46.6 Å². The number of rotatable bonds is 10. The van der Waals surface area contributed by atoms with Crippen molar-refractivity contribution in [2.45, 2.75) is 31.9 Å². The predicted octanol–water partition coefficient (Wildman–Crippen LogP) is 12.5. The molecule has 2 aliphatic heterocycles. The third-order valence-corrected chi connectivity index (χ3v) is 11.5. The van der Waals surface area contributed by atoms with Gasteiger partial charge in [-0.3, -0.25) is 19.6 Å². The van der Waals surface area contributed by atoms with Crippen molar-refractivity contribution in [1.29, 1.82) is 0 Å². The normalized spacial score (nSPS) is 13.5. The lowest BCUT2D eigenvalue weighted by Crippen LogP contribution is -2.19. The first-order chi connectivity index (χ1) is 33.3. The van der Waals surface area contributed by atoms with Gasteiger partial charge < -0.3 is 29.9 Å². The van der Waals surface area contributed by atoms with Crippen molar-refractivity contribution in [3.63, 3.8) is 0 Å². The summed E-state index contributed by atoms with van der Waals surface area (Å²) < 4.78 is 79.6. The molecule has 2 saturated heterocycles. The molecule has 10 rings (SSSR count). The third-order valence-electron chi connectivity index (χ3n) is 11.2. The van der Waals surface area contributed by atoms with E-state index in [1.54, 1.807) is 79.1 Å². The van der Waals surface area contributed by atoms with Crippen LogP contribution in [0.4, 0.5) is 45.0 Å². The minimum Gasteiger partial charge on any atom is -0.454 e. The number of amides is 2. The Morgan fingerprint density at radius 3 is 1.46 bits per heavy atom. The van der Waals surface area contributed by atoms with Crippen LogP contribution in [0.25, 0.3) is 22.1 Å². The number of aromatic nitrogens is 4. The van der Waals surface area contributed by atoms with E-state index < -0.39 is 29.3 Å². The summed E-state index contributed by atoms with van der Waals surface area (Å²) in [4.78, 5) is 47.4. The van der Waals surface area contributed by atoms with Crippen LogP contribution in [-0.4, -0.2) is 57.9 Å². The summed E-state index contributed by atoms with van der Waals surface area (Å²) in [7, 11) is 0. The van der Waals surface area contributed by atoms with Crippen LogP contribution in [0, 0.1) is 11.6 Å². The first-order valence-corrected chi connectivity index (χ1v) is 22.2. The molecule has 12 nitrogen and oxygen atoms in total. The second-order valence-corrected chi connectivity index (χ2v) is 16.6. The molecule has 2 amide bonds. The van der Waals surface area contributed by atoms with Gasteiger partial charge >= 0.3 is 6.18 Å². The maximum Gasteiger partial charge on any atom is 0.416 e. The average Bonchev–Trinajstić information content (AvgIpc) is 4.10. The number of hydrogen-bond donors (Lipinski definition) is 2. The van der Waals surface area contributed by atoms with E-state index in [9.17, 15) is 31.5 Å². The van der Waals surface area contributed by atoms with Crippen LogP contribution in [0.2, 0.25) is 5.02 Å². The van der Waals surface area contributed by atoms with Crippen molar-refractivity contribution >= 4 is 68.5 Å². The molecule has 4 heterocycles. The van der Waals surface area contributed by atoms with Gasteiger partial charge in [0.15, 0.2) is 23.1 Å². The Morgan fingerprint density at radius 2 is 1.01 bits per heavy atom. The number of fused-ring (bicyclic) bond motifs is 2. The summed E-state index contributed by atoms with van der Waals surface area (Å²) in [5, 5.41) is 5.51. The smallest absolute Gasteiger partial charge is 0.416 e. The monoisotopic (exact) mass is 958 g/mol. The van der Waals surface area contributed by atoms with Gasteiger partial charge in [-0.05, 0) is 111 Å². The number of ether oxygens (including phenoxy) is 2. The zero-order valence-electron chi connectivity index (χ0n) is 36.4. The molecule has 0 bridgehead atoms. The molecule has 0 unspecified atom stereocenters. The molecule has 69 heavy (non-hydrogen) atoms. The second-order valence-electron chi connectivity index (χ2n) is 16.1. The van der Waals surface area contributed by atoms with E-state index in [-0.39, 0.29) is 28.7 Å². The summed E-state index contributed by atoms with van der Waals surface area (Å²) in [6, 6.07) is 28.9. The number of benzene rings is 6. The maximum atomic E-state index is 14.7. The number of nitrogens with one attached hydrogen (secondary N) is 2. The van der Waals surface area contributed by atoms with Gasteiger partial charge in [0, 0.05) is 78.0 Å². The largest absolute Gasteiger partial charge is 0.454 e. The van der Waals surface area contributed by atoms with Crippen LogP contribution in [0.3, 0.4) is 0 Å². The average molecular weight is 959 g/mol. The van der Waals surface area contributed by atoms with Crippen LogP contribution in [0.15, 0.2) is 134 Å². The highest BCUT2D eigenvalue weighted by Gasteiger charge is 2.31. The second kappa shape index (κ2) is 20.1. The lowest BCUT2D eigenvalue weighted by molar-refractivity contribution is -0.137. The van der Waals surface area contributed by atoms with Crippen molar-refractivity contribution in [2.24, 2.45) is 0 Å². The predicted molar refractivity (Wildman–Crippen MR) is 254 cm³/mol. The van der Waals surface area contributed by atoms with Crippen molar-refractivity contribution in [3.05, 3.63) is 167 Å². The Bertz CT molecular complexity index is 3200. The van der Waals surface area contributed by atoms with Gasteiger partial charge in [0.2, 0.25) is 0 Å². The molecule has 2 aliphatic rings. The van der Waals surface area contributed by atoms with Crippen LogP contribution < -0.4 is 29.9 Å². The van der Waals surface area contributed by atoms with Crippen LogP contribution in [-0.2, 0) is 6.18 Å². The standard InChI is InChI=1S/C26H20F4N4O2.C25H20ClFN4O2/c27-20-13-18(32-25(35)16-4-3-5-17(12-16)26(28,29)30)6-9-23(20)36-19-7-8-21-22(14-19)33-24(15-31-21)34-10-1-2-11-34;26-17-5-3-4-16(12-17)25(32)29-18-6-9-23(20(27)13-18)33-19-7-8-21-22(14-19)30-24(15-28-21)31-10-1-2-11-31/h3-9,12-15H,1-2,10-11H2,(H,32,35);3-9,12-15H,1-2,10-11H2,(H,29,32). The molecule has 0 aliphatic carbocycles. The summed E-state index contributed by atoms with van der Waals surface area (Å²) in [5.41, 5.74) is 2.34. The topological polar surface area (TPSA) is 135 Å². The number of halogens is 6. The number of alkyl halides is 3. The number of hydrogen-bond acceptors (Lipinski definition) is 10. The van der Waals surface area contributed by atoms with Crippen LogP contribution >= 0.6 is 11.6 Å². The molecule has 2 aromatic heterocycles. The minimum atomic E-state index is -4.58. The zero-order chi connectivity index (χ0) is 48.1. The van der Waals surface area contributed by atoms with Crippen LogP contribution in [0.5, 0.6) is 23.0 Å². The van der Waals surface area contributed by atoms with Gasteiger partial charge in [-0.15, -0.1) is 0 Å². The van der Waals surface area contributed by atoms with Gasteiger partial charge in [0.05, 0.1) is 40.0 Å². The Labute approximate surface area is 396 Å². The Hall–Kier alpha value is -7.92. The molecular formula is C51H40ClF5N8O4. The number of carbonyl (C=O) groups excluding carboxylic acids is 2. The van der Waals surface area contributed by atoms with Gasteiger partial charge in [-0.25, -0.2) is 18.7 Å². The van der Waals surface area contributed by atoms with E-state index in [4.69, 9.17) is 26.1 Å². The van der Waals surface area contributed by atoms with Gasteiger partial charge in [0.1, 0.15) is 23.1 Å². The fourth-order valence-corrected chi connectivity index (χ4v) is 7.93. The first kappa shape index (κ1) is 46.2. The van der Waals surface area contributed by atoms with Crippen molar-refractivity contribution < 1.29 is 41.0 Å². The highest BCUT2D eigenvalue weighted by molar-refractivity contribution is 6.31. The number of carbonyl (C=O) groups is 2. The molecule has 6 aromatic carbocycles. The quantitative estimate of drug-likeness (QED) is 0.128. The summed E-state index contributed by atoms with van der Waals surface area (Å²) in [6.07, 6.45) is 3.46. The summed E-state index contributed by atoms with van der Waals surface area (Å²) in [6.45, 7) is 3.81. The van der Waals surface area contributed by atoms with Gasteiger partial charge in [0.25, 0.3) is 11.8 Å². The number of nitrogens with zero attached hydrogens (tertiary/aromatic N) is 6. The van der Waals surface area contributed by atoms with Crippen LogP contribution in [0.1, 0.15) is 52.0 Å². The van der Waals surface area contributed by atoms with Crippen molar-refractivity contribution in [3.8, 4) is 23.0 Å². The van der Waals surface area contributed by atoms with E-state index in [0.717, 1.165) is 93.3 Å². The lowest BCUT2D eigenvalue weighted by Gasteiger charge is -2.16. The minimum absolute atomic E-state index is 0.0405. The van der Waals surface area contributed by atoms with Gasteiger partial charge in [-0.1, -0.05) is 23.7 Å². The van der Waals surface area contributed by atoms with E-state index in [1.165, 1.54) is 30.3 Å². The fraction of sp³-hybridized carbons (Fsp3) is 0.176. The molecule has 8 aromatic rings. The molecule has 0 spiro atoms. The summed E-state index contributed by atoms with van der Waals surface area (Å²) >= 11 is 5.93. The molecule has 0 saturated carbocycles. The highest BCUT2D eigenvalue weighted by atomic mass is 35.5. The van der Waals surface area contributed by atoms with E-state index in [1.807, 2.05) is 0 Å². The Morgan fingerprint density at radius 1 is 0.551 bits per heavy atom. The van der Waals surface area contributed by atoms with E-state index in [2.05, 4.69) is 35.4 Å². The van der Waals surface area contributed by atoms with E-state index >= 15 is 0 Å². The Balaban J connectivity index is 0.000000172. The third kappa shape index (κ3) is 11.3. The maximum absolute atomic E-state index is 14.7. The zero-order valence-corrected chi connectivity index (χ0v) is 37.2. The highest BCUT2D eigenvalue weighted by Crippen LogP contribution is 2.33. The first-order valence-electron chi connectivity index (χ1n) is 21.9. The Kier molecular flexibility index (Phi) is 13.5. The fourth-order valence-electron chi connectivity index (χ4n) is 7.74. The molecule has 18 heteroatoms. The van der Waals surface area contributed by atoms with Crippen molar-refractivity contribution in [1.82, 2.24) is 19.9 Å². The molecule has 0 radical (unpaired) electrons. The molecule has 350 valence electrons. The molecule has 2 fully saturated rings. The van der Waals surface area contributed by atoms with Gasteiger partial charge in [-0.2, -0.15) is 13.2 Å². The summed E-state index contributed by atoms with van der Waals surface area (Å²) in [5.74, 6) is -0.158. The lowest BCUT2D eigenvalue weighted by atomic mass is 10.1. The number of anilines is 4. The SMILES string of the molecule is O=C(Nc1ccc(Oc2ccc3ncc(N4CCCC4)nc3c2)c(F)c1)c1cccc(C(F)(F)F)c1.O=C(Nc1ccc(Oc2ccc3ncc(N4CCCC4)nc3c2)c(F)c1)c1cccc(Cl)c1. The van der Waals surface area contributed by atoms with E-state index in [0.29, 0.717) is 44.3 Å². The molecular weight excluding hydrogens is 919 g/mol.